The van der Waals surface area contributed by atoms with E-state index in [1.54, 1.807) is 36.1 Å². The molecule has 4 rings (SSSR count). The number of hydrogen-bond acceptors (Lipinski definition) is 5. The van der Waals surface area contributed by atoms with E-state index in [9.17, 15) is 13.6 Å². The summed E-state index contributed by atoms with van der Waals surface area (Å²) < 4.78 is 33.9. The van der Waals surface area contributed by atoms with E-state index in [4.69, 9.17) is 4.74 Å². The maximum absolute atomic E-state index is 13.7. The third kappa shape index (κ3) is 5.83. The molecule has 6 nitrogen and oxygen atoms in total. The minimum atomic E-state index is -0.447. The van der Waals surface area contributed by atoms with Gasteiger partial charge >= 0.3 is 0 Å². The average molecular weight is 455 g/mol. The molecule has 1 aliphatic heterocycles. The molecule has 1 aliphatic rings. The molecule has 0 aliphatic carbocycles. The summed E-state index contributed by atoms with van der Waals surface area (Å²) in [5, 5.41) is 3.46. The van der Waals surface area contributed by atoms with E-state index in [-0.39, 0.29) is 11.1 Å². The number of pyridine rings is 2. The monoisotopic (exact) mass is 454 g/mol. The van der Waals surface area contributed by atoms with Gasteiger partial charge in [-0.05, 0) is 50.2 Å². The molecule has 0 saturated carbocycles. The molecule has 8 heteroatoms. The number of hydrogen-bond donors (Lipinski definition) is 1. The SMILES string of the molecule is COc1cnc2ccc(=O)n(CCN3CCC(NC/C=C/c4cc(F)ccc4F)CC3)c2c1. The Morgan fingerprint density at radius 1 is 1.15 bits per heavy atom. The zero-order valence-corrected chi connectivity index (χ0v) is 18.6. The Labute approximate surface area is 191 Å². The van der Waals surface area contributed by atoms with Gasteiger partial charge in [0.15, 0.2) is 0 Å². The van der Waals surface area contributed by atoms with Crippen LogP contribution in [0.3, 0.4) is 0 Å². The van der Waals surface area contributed by atoms with E-state index in [1.165, 1.54) is 6.07 Å². The minimum Gasteiger partial charge on any atom is -0.495 e. The first kappa shape index (κ1) is 23.1. The first-order chi connectivity index (χ1) is 16.0. The largest absolute Gasteiger partial charge is 0.495 e. The maximum atomic E-state index is 13.7. The fraction of sp³-hybridized carbons (Fsp3) is 0.360. The van der Waals surface area contributed by atoms with Crippen molar-refractivity contribution in [3.63, 3.8) is 0 Å². The summed E-state index contributed by atoms with van der Waals surface area (Å²) in [4.78, 5) is 19.2. The minimum absolute atomic E-state index is 0.0457. The number of ether oxygens (including phenoxy) is 1. The van der Waals surface area contributed by atoms with E-state index in [0.29, 0.717) is 24.9 Å². The van der Waals surface area contributed by atoms with Gasteiger partial charge in [0.2, 0.25) is 0 Å². The van der Waals surface area contributed by atoms with Crippen LogP contribution in [-0.2, 0) is 6.54 Å². The number of benzene rings is 1. The summed E-state index contributed by atoms with van der Waals surface area (Å²) in [6, 6.07) is 8.96. The maximum Gasteiger partial charge on any atom is 0.251 e. The fourth-order valence-electron chi connectivity index (χ4n) is 4.16. The van der Waals surface area contributed by atoms with Gasteiger partial charge in [0.25, 0.3) is 5.56 Å². The van der Waals surface area contributed by atoms with Gasteiger partial charge in [0, 0.05) is 43.4 Å². The Morgan fingerprint density at radius 2 is 1.97 bits per heavy atom. The molecule has 1 N–H and O–H groups in total. The van der Waals surface area contributed by atoms with Crippen molar-refractivity contribution >= 4 is 17.1 Å². The van der Waals surface area contributed by atoms with Crippen molar-refractivity contribution in [3.05, 3.63) is 76.2 Å². The van der Waals surface area contributed by atoms with Crippen molar-refractivity contribution < 1.29 is 13.5 Å². The van der Waals surface area contributed by atoms with Crippen LogP contribution in [-0.4, -0.2) is 53.8 Å². The number of halogens is 2. The normalized spacial score (nSPS) is 15.5. The summed E-state index contributed by atoms with van der Waals surface area (Å²) >= 11 is 0. The lowest BCUT2D eigenvalue weighted by Crippen LogP contribution is -2.43. The second kappa shape index (κ2) is 10.7. The van der Waals surface area contributed by atoms with Crippen LogP contribution in [0.5, 0.6) is 5.75 Å². The van der Waals surface area contributed by atoms with Crippen molar-refractivity contribution in [1.82, 2.24) is 19.8 Å². The summed E-state index contributed by atoms with van der Waals surface area (Å²) in [5.74, 6) is -0.249. The predicted octanol–water partition coefficient (Wildman–Crippen LogP) is 3.45. The quantitative estimate of drug-likeness (QED) is 0.565. The molecule has 174 valence electrons. The van der Waals surface area contributed by atoms with Gasteiger partial charge in [-0.3, -0.25) is 9.78 Å². The molecule has 1 saturated heterocycles. The molecular weight excluding hydrogens is 426 g/mol. The number of aromatic nitrogens is 2. The third-order valence-corrected chi connectivity index (χ3v) is 6.06. The van der Waals surface area contributed by atoms with Gasteiger partial charge in [-0.15, -0.1) is 0 Å². The smallest absolute Gasteiger partial charge is 0.251 e. The molecule has 3 heterocycles. The van der Waals surface area contributed by atoms with Gasteiger partial charge in [-0.2, -0.15) is 0 Å². The van der Waals surface area contributed by atoms with Crippen LogP contribution >= 0.6 is 0 Å². The lowest BCUT2D eigenvalue weighted by molar-refractivity contribution is 0.194. The number of likely N-dealkylation sites (tertiary alicyclic amines) is 1. The third-order valence-electron chi connectivity index (χ3n) is 6.06. The highest BCUT2D eigenvalue weighted by Gasteiger charge is 2.18. The Kier molecular flexibility index (Phi) is 7.47. The van der Waals surface area contributed by atoms with Crippen molar-refractivity contribution in [1.29, 1.82) is 0 Å². The topological polar surface area (TPSA) is 59.4 Å². The van der Waals surface area contributed by atoms with E-state index in [1.807, 2.05) is 12.1 Å². The number of nitrogens with zero attached hydrogens (tertiary/aromatic N) is 3. The van der Waals surface area contributed by atoms with Gasteiger partial charge in [0.1, 0.15) is 17.4 Å². The molecule has 2 aromatic heterocycles. The van der Waals surface area contributed by atoms with E-state index in [0.717, 1.165) is 55.6 Å². The van der Waals surface area contributed by atoms with E-state index < -0.39 is 11.6 Å². The molecule has 33 heavy (non-hydrogen) atoms. The van der Waals surface area contributed by atoms with Crippen LogP contribution < -0.4 is 15.6 Å². The van der Waals surface area contributed by atoms with E-state index >= 15 is 0 Å². The first-order valence-corrected chi connectivity index (χ1v) is 11.1. The zero-order chi connectivity index (χ0) is 23.2. The molecule has 0 bridgehead atoms. The summed E-state index contributed by atoms with van der Waals surface area (Å²) in [7, 11) is 1.59. The Hall–Kier alpha value is -3.10. The van der Waals surface area contributed by atoms with Crippen molar-refractivity contribution in [2.75, 3.05) is 33.3 Å². The molecule has 0 amide bonds. The molecule has 3 aromatic rings. The van der Waals surface area contributed by atoms with Crippen molar-refractivity contribution in [2.45, 2.75) is 25.4 Å². The van der Waals surface area contributed by atoms with Gasteiger partial charge in [-0.25, -0.2) is 8.78 Å². The summed E-state index contributed by atoms with van der Waals surface area (Å²) in [5.41, 5.74) is 1.75. The fourth-order valence-corrected chi connectivity index (χ4v) is 4.16. The highest BCUT2D eigenvalue weighted by Crippen LogP contribution is 2.17. The van der Waals surface area contributed by atoms with E-state index in [2.05, 4.69) is 15.2 Å². The molecule has 0 spiro atoms. The first-order valence-electron chi connectivity index (χ1n) is 11.1. The van der Waals surface area contributed by atoms with Gasteiger partial charge < -0.3 is 19.5 Å². The standard InChI is InChI=1S/C25H28F2N4O2/c1-33-21-16-24-23(29-17-21)6-7-25(32)31(24)14-13-30-11-8-20(9-12-30)28-10-2-3-18-15-19(26)4-5-22(18)27/h2-7,15-17,20,28H,8-14H2,1H3/b3-2+. The zero-order valence-electron chi connectivity index (χ0n) is 18.6. The second-order valence-electron chi connectivity index (χ2n) is 8.20. The van der Waals surface area contributed by atoms with Crippen LogP contribution in [0.1, 0.15) is 18.4 Å². The lowest BCUT2D eigenvalue weighted by Gasteiger charge is -2.32. The van der Waals surface area contributed by atoms with Crippen molar-refractivity contribution in [2.24, 2.45) is 0 Å². The highest BCUT2D eigenvalue weighted by molar-refractivity contribution is 5.75. The van der Waals surface area contributed by atoms with Crippen LogP contribution in [0, 0.1) is 11.6 Å². The molecule has 0 unspecified atom stereocenters. The molecule has 1 aromatic carbocycles. The number of rotatable bonds is 8. The Bertz CT molecular complexity index is 1190. The van der Waals surface area contributed by atoms with Crippen LogP contribution in [0.2, 0.25) is 0 Å². The average Bonchev–Trinajstić information content (AvgIpc) is 2.83. The number of methoxy groups -OCH3 is 1. The van der Waals surface area contributed by atoms with Gasteiger partial charge in [0.05, 0.1) is 24.3 Å². The van der Waals surface area contributed by atoms with Crippen LogP contribution in [0.25, 0.3) is 17.1 Å². The number of fused-ring (bicyclic) bond motifs is 1. The summed E-state index contributed by atoms with van der Waals surface area (Å²) in [6.45, 7) is 3.83. The van der Waals surface area contributed by atoms with Crippen LogP contribution in [0.4, 0.5) is 8.78 Å². The van der Waals surface area contributed by atoms with Crippen LogP contribution in [0.15, 0.2) is 53.5 Å². The molecule has 0 radical (unpaired) electrons. The molecular formula is C25H28F2N4O2. The van der Waals surface area contributed by atoms with Crippen molar-refractivity contribution in [3.8, 4) is 5.75 Å². The Balaban J connectivity index is 1.26. The predicted molar refractivity (Wildman–Crippen MR) is 125 cm³/mol. The molecule has 1 fully saturated rings. The second-order valence-corrected chi connectivity index (χ2v) is 8.20. The molecule has 0 atom stereocenters. The number of piperidine rings is 1. The summed E-state index contributed by atoms with van der Waals surface area (Å²) in [6.07, 6.45) is 7.05. The lowest BCUT2D eigenvalue weighted by atomic mass is 10.1. The van der Waals surface area contributed by atoms with Gasteiger partial charge in [-0.1, -0.05) is 12.2 Å². The number of nitrogens with one attached hydrogen (secondary N) is 1. The highest BCUT2D eigenvalue weighted by atomic mass is 19.1. The Morgan fingerprint density at radius 3 is 2.76 bits per heavy atom.